The number of anilines is 2. The van der Waals surface area contributed by atoms with Gasteiger partial charge in [-0.25, -0.2) is 9.97 Å². The van der Waals surface area contributed by atoms with Crippen LogP contribution >= 0.6 is 0 Å². The molecule has 2 aromatic rings. The molecule has 27 heavy (non-hydrogen) atoms. The smallest absolute Gasteiger partial charge is 0.272 e. The van der Waals surface area contributed by atoms with Gasteiger partial charge in [-0.1, -0.05) is 39.0 Å². The summed E-state index contributed by atoms with van der Waals surface area (Å²) >= 11 is 0. The maximum atomic E-state index is 13.0. The van der Waals surface area contributed by atoms with Crippen LogP contribution in [-0.4, -0.2) is 33.9 Å². The van der Waals surface area contributed by atoms with Crippen LogP contribution in [0.1, 0.15) is 67.0 Å². The van der Waals surface area contributed by atoms with Crippen molar-refractivity contribution in [2.75, 3.05) is 18.4 Å². The minimum atomic E-state index is 0.00367. The van der Waals surface area contributed by atoms with Gasteiger partial charge in [0.1, 0.15) is 17.3 Å². The molecule has 1 saturated heterocycles. The number of aromatic nitrogens is 2. The topological polar surface area (TPSA) is 58.1 Å². The third-order valence-corrected chi connectivity index (χ3v) is 5.18. The lowest BCUT2D eigenvalue weighted by molar-refractivity contribution is 0.0676. The number of hydrogen-bond donors (Lipinski definition) is 1. The summed E-state index contributed by atoms with van der Waals surface area (Å²) in [4.78, 5) is 23.8. The molecule has 1 aliphatic heterocycles. The van der Waals surface area contributed by atoms with Crippen LogP contribution in [0.4, 0.5) is 11.5 Å². The second-order valence-electron chi connectivity index (χ2n) is 8.00. The third kappa shape index (κ3) is 4.46. The van der Waals surface area contributed by atoms with Crippen molar-refractivity contribution in [2.24, 2.45) is 5.92 Å². The highest BCUT2D eigenvalue weighted by atomic mass is 16.2. The summed E-state index contributed by atoms with van der Waals surface area (Å²) in [6, 6.07) is 8.08. The van der Waals surface area contributed by atoms with E-state index in [1.54, 1.807) is 6.07 Å². The molecule has 144 valence electrons. The molecular weight excluding hydrogens is 336 g/mol. The van der Waals surface area contributed by atoms with Crippen molar-refractivity contribution in [3.05, 3.63) is 46.9 Å². The first kappa shape index (κ1) is 19.3. The largest absolute Gasteiger partial charge is 0.340 e. The second-order valence-corrected chi connectivity index (χ2v) is 8.00. The molecule has 5 heteroatoms. The van der Waals surface area contributed by atoms with E-state index in [1.807, 2.05) is 11.8 Å². The summed E-state index contributed by atoms with van der Waals surface area (Å²) in [6.45, 7) is 12.1. The maximum absolute atomic E-state index is 13.0. The Kier molecular flexibility index (Phi) is 5.78. The van der Waals surface area contributed by atoms with Crippen molar-refractivity contribution in [3.8, 4) is 0 Å². The fourth-order valence-electron chi connectivity index (χ4n) is 3.75. The lowest BCUT2D eigenvalue weighted by atomic mass is 9.98. The van der Waals surface area contributed by atoms with Crippen molar-refractivity contribution >= 4 is 17.4 Å². The molecule has 0 bridgehead atoms. The van der Waals surface area contributed by atoms with Gasteiger partial charge in [-0.15, -0.1) is 0 Å². The molecule has 1 aromatic carbocycles. The zero-order valence-corrected chi connectivity index (χ0v) is 17.0. The number of likely N-dealkylation sites (tertiary alicyclic amines) is 1. The predicted molar refractivity (Wildman–Crippen MR) is 110 cm³/mol. The minimum absolute atomic E-state index is 0.00367. The fraction of sp³-hybridized carbons (Fsp3) is 0.500. The molecule has 1 aliphatic rings. The van der Waals surface area contributed by atoms with Crippen LogP contribution in [0.2, 0.25) is 0 Å². The average molecular weight is 367 g/mol. The molecule has 1 atom stereocenters. The Morgan fingerprint density at radius 1 is 1.26 bits per heavy atom. The van der Waals surface area contributed by atoms with Gasteiger partial charge in [-0.2, -0.15) is 0 Å². The SMILES string of the molecule is Cc1nc(Nc2c(C)cccc2C(C)C)cc(C(=O)N2CCCC(C)C2)n1. The number of hydrogen-bond acceptors (Lipinski definition) is 4. The molecule has 1 fully saturated rings. The second kappa shape index (κ2) is 8.07. The Hall–Kier alpha value is -2.43. The molecule has 2 heterocycles. The summed E-state index contributed by atoms with van der Waals surface area (Å²) in [7, 11) is 0. The molecule has 1 unspecified atom stereocenters. The zero-order valence-electron chi connectivity index (χ0n) is 17.0. The summed E-state index contributed by atoms with van der Waals surface area (Å²) in [5.74, 6) is 2.22. The van der Waals surface area contributed by atoms with Crippen LogP contribution in [0.25, 0.3) is 0 Å². The van der Waals surface area contributed by atoms with E-state index in [1.165, 1.54) is 12.0 Å². The van der Waals surface area contributed by atoms with Gasteiger partial charge in [0, 0.05) is 24.8 Å². The number of rotatable bonds is 4. The van der Waals surface area contributed by atoms with E-state index in [2.05, 4.69) is 61.2 Å². The van der Waals surface area contributed by atoms with E-state index in [4.69, 9.17) is 0 Å². The Bertz CT molecular complexity index is 831. The van der Waals surface area contributed by atoms with E-state index in [0.717, 1.165) is 30.8 Å². The van der Waals surface area contributed by atoms with Gasteiger partial charge in [0.05, 0.1) is 0 Å². The van der Waals surface area contributed by atoms with E-state index in [-0.39, 0.29) is 5.91 Å². The quantitative estimate of drug-likeness (QED) is 0.842. The lowest BCUT2D eigenvalue weighted by Gasteiger charge is -2.30. The molecule has 0 spiro atoms. The number of nitrogens with one attached hydrogen (secondary N) is 1. The normalized spacial score (nSPS) is 17.3. The standard InChI is InChI=1S/C22H30N4O/c1-14(2)18-10-6-9-16(4)21(18)25-20-12-19(23-17(5)24-20)22(27)26-11-7-8-15(3)13-26/h6,9-10,12,14-15H,7-8,11,13H2,1-5H3,(H,23,24,25). The summed E-state index contributed by atoms with van der Waals surface area (Å²) in [5, 5.41) is 3.45. The van der Waals surface area contributed by atoms with E-state index >= 15 is 0 Å². The number of benzene rings is 1. The minimum Gasteiger partial charge on any atom is -0.340 e. The number of para-hydroxylation sites is 1. The number of aryl methyl sites for hydroxylation is 2. The molecule has 0 radical (unpaired) electrons. The summed E-state index contributed by atoms with van der Waals surface area (Å²) in [5.41, 5.74) is 3.94. The first-order chi connectivity index (χ1) is 12.8. The first-order valence-electron chi connectivity index (χ1n) is 9.86. The van der Waals surface area contributed by atoms with Crippen LogP contribution in [-0.2, 0) is 0 Å². The highest BCUT2D eigenvalue weighted by Gasteiger charge is 2.24. The zero-order chi connectivity index (χ0) is 19.6. The van der Waals surface area contributed by atoms with Crippen molar-refractivity contribution in [3.63, 3.8) is 0 Å². The van der Waals surface area contributed by atoms with Gasteiger partial charge in [0.25, 0.3) is 5.91 Å². The molecule has 1 amide bonds. The van der Waals surface area contributed by atoms with Crippen molar-refractivity contribution in [1.29, 1.82) is 0 Å². The van der Waals surface area contributed by atoms with E-state index in [0.29, 0.717) is 29.2 Å². The Morgan fingerprint density at radius 2 is 2.04 bits per heavy atom. The summed E-state index contributed by atoms with van der Waals surface area (Å²) < 4.78 is 0. The molecule has 0 saturated carbocycles. The van der Waals surface area contributed by atoms with Gasteiger partial charge in [0.2, 0.25) is 0 Å². The molecule has 0 aliphatic carbocycles. The van der Waals surface area contributed by atoms with Crippen LogP contribution < -0.4 is 5.32 Å². The van der Waals surface area contributed by atoms with E-state index in [9.17, 15) is 4.79 Å². The number of nitrogens with zero attached hydrogens (tertiary/aromatic N) is 3. The first-order valence-corrected chi connectivity index (χ1v) is 9.86. The predicted octanol–water partition coefficient (Wildman–Crippen LogP) is 4.83. The molecular formula is C22H30N4O. The molecule has 1 aromatic heterocycles. The van der Waals surface area contributed by atoms with Crippen LogP contribution in [0.3, 0.4) is 0 Å². The number of carbonyl (C=O) groups is 1. The molecule has 5 nitrogen and oxygen atoms in total. The van der Waals surface area contributed by atoms with Gasteiger partial charge in [-0.05, 0) is 49.7 Å². The fourth-order valence-corrected chi connectivity index (χ4v) is 3.75. The number of piperidine rings is 1. The number of carbonyl (C=O) groups excluding carboxylic acids is 1. The van der Waals surface area contributed by atoms with Crippen molar-refractivity contribution in [2.45, 2.75) is 53.4 Å². The molecule has 1 N–H and O–H groups in total. The van der Waals surface area contributed by atoms with Crippen LogP contribution in [0, 0.1) is 19.8 Å². The summed E-state index contributed by atoms with van der Waals surface area (Å²) in [6.07, 6.45) is 2.24. The van der Waals surface area contributed by atoms with Gasteiger partial charge in [-0.3, -0.25) is 4.79 Å². The van der Waals surface area contributed by atoms with Crippen LogP contribution in [0.5, 0.6) is 0 Å². The monoisotopic (exact) mass is 366 g/mol. The Balaban J connectivity index is 1.90. The average Bonchev–Trinajstić information content (AvgIpc) is 2.62. The van der Waals surface area contributed by atoms with Crippen LogP contribution in [0.15, 0.2) is 24.3 Å². The lowest BCUT2D eigenvalue weighted by Crippen LogP contribution is -2.39. The third-order valence-electron chi connectivity index (χ3n) is 5.18. The maximum Gasteiger partial charge on any atom is 0.272 e. The number of amides is 1. The highest BCUT2D eigenvalue weighted by molar-refractivity contribution is 5.93. The Morgan fingerprint density at radius 3 is 2.74 bits per heavy atom. The van der Waals surface area contributed by atoms with Crippen molar-refractivity contribution < 1.29 is 4.79 Å². The molecule has 3 rings (SSSR count). The Labute approximate surface area is 162 Å². The van der Waals surface area contributed by atoms with Gasteiger partial charge in [0.15, 0.2) is 0 Å². The van der Waals surface area contributed by atoms with E-state index < -0.39 is 0 Å². The highest BCUT2D eigenvalue weighted by Crippen LogP contribution is 2.30. The van der Waals surface area contributed by atoms with Gasteiger partial charge < -0.3 is 10.2 Å². The van der Waals surface area contributed by atoms with Crippen molar-refractivity contribution in [1.82, 2.24) is 14.9 Å². The van der Waals surface area contributed by atoms with Gasteiger partial charge >= 0.3 is 0 Å².